The molecule has 1 aliphatic heterocycles. The van der Waals surface area contributed by atoms with Gasteiger partial charge in [-0.25, -0.2) is 0 Å². The standard InChI is InChI=1S/C20H19N3O2/c1-20(2)7-14-18(15(24)8-20)17(12(9-21)19(22)23-14)13-10-25-16-6-4-3-5-11(13)16/h3-6,10,17,23H,7-8,22H2,1-2H3. The minimum Gasteiger partial charge on any atom is -0.464 e. The highest BCUT2D eigenvalue weighted by molar-refractivity contribution is 6.01. The van der Waals surface area contributed by atoms with Crippen LogP contribution in [0.2, 0.25) is 0 Å². The second kappa shape index (κ2) is 5.25. The van der Waals surface area contributed by atoms with E-state index in [0.29, 0.717) is 23.4 Å². The van der Waals surface area contributed by atoms with Gasteiger partial charge in [0.25, 0.3) is 0 Å². The number of furan rings is 1. The first-order chi connectivity index (χ1) is 11.9. The second-order valence-corrected chi connectivity index (χ2v) is 7.52. The van der Waals surface area contributed by atoms with Crippen LogP contribution in [0.5, 0.6) is 0 Å². The number of ketones is 1. The Balaban J connectivity index is 1.96. The quantitative estimate of drug-likeness (QED) is 0.834. The largest absolute Gasteiger partial charge is 0.464 e. The summed E-state index contributed by atoms with van der Waals surface area (Å²) in [4.78, 5) is 13.0. The van der Waals surface area contributed by atoms with Crippen molar-refractivity contribution in [1.82, 2.24) is 5.32 Å². The molecule has 1 unspecified atom stereocenters. The Hall–Kier alpha value is -3.00. The Morgan fingerprint density at radius 2 is 2.08 bits per heavy atom. The number of nitrogens with zero attached hydrogens (tertiary/aromatic N) is 1. The van der Waals surface area contributed by atoms with Crippen LogP contribution in [0, 0.1) is 16.7 Å². The van der Waals surface area contributed by atoms with Crippen molar-refractivity contribution < 1.29 is 9.21 Å². The van der Waals surface area contributed by atoms with Gasteiger partial charge in [-0.1, -0.05) is 32.0 Å². The number of fused-ring (bicyclic) bond motifs is 1. The summed E-state index contributed by atoms with van der Waals surface area (Å²) >= 11 is 0. The highest BCUT2D eigenvalue weighted by Gasteiger charge is 2.42. The average Bonchev–Trinajstić information content (AvgIpc) is 2.96. The monoisotopic (exact) mass is 333 g/mol. The van der Waals surface area contributed by atoms with Gasteiger partial charge in [0.2, 0.25) is 0 Å². The lowest BCUT2D eigenvalue weighted by atomic mass is 9.69. The predicted molar refractivity (Wildman–Crippen MR) is 94.0 cm³/mol. The molecule has 2 aliphatic rings. The van der Waals surface area contributed by atoms with E-state index in [0.717, 1.165) is 28.7 Å². The Morgan fingerprint density at radius 1 is 1.32 bits per heavy atom. The normalized spacial score (nSPS) is 22.6. The first-order valence-electron chi connectivity index (χ1n) is 8.30. The van der Waals surface area contributed by atoms with Gasteiger partial charge in [-0.2, -0.15) is 5.26 Å². The molecule has 0 saturated heterocycles. The van der Waals surface area contributed by atoms with Gasteiger partial charge in [-0.15, -0.1) is 0 Å². The molecule has 2 heterocycles. The molecular formula is C20H19N3O2. The van der Waals surface area contributed by atoms with E-state index in [2.05, 4.69) is 25.2 Å². The molecule has 1 aliphatic carbocycles. The molecule has 1 aromatic carbocycles. The lowest BCUT2D eigenvalue weighted by Gasteiger charge is -2.38. The van der Waals surface area contributed by atoms with Gasteiger partial charge < -0.3 is 15.5 Å². The van der Waals surface area contributed by atoms with Crippen LogP contribution < -0.4 is 11.1 Å². The fourth-order valence-electron chi connectivity index (χ4n) is 3.97. The van der Waals surface area contributed by atoms with Crippen LogP contribution >= 0.6 is 0 Å². The van der Waals surface area contributed by atoms with Crippen LogP contribution in [0.15, 0.2) is 57.6 Å². The Labute approximate surface area is 145 Å². The van der Waals surface area contributed by atoms with Crippen molar-refractivity contribution in [2.75, 3.05) is 0 Å². The number of Topliss-reactive ketones (excluding diaryl/α,β-unsaturated/α-hetero) is 1. The van der Waals surface area contributed by atoms with Crippen LogP contribution in [-0.4, -0.2) is 5.78 Å². The maximum atomic E-state index is 13.0. The van der Waals surface area contributed by atoms with E-state index >= 15 is 0 Å². The third kappa shape index (κ3) is 2.33. The SMILES string of the molecule is CC1(C)CC(=O)C2=C(C1)NC(N)=C(C#N)C2c1coc2ccccc12. The fraction of sp³-hybridized carbons (Fsp3) is 0.300. The van der Waals surface area contributed by atoms with Crippen molar-refractivity contribution in [3.63, 3.8) is 0 Å². The Morgan fingerprint density at radius 3 is 2.84 bits per heavy atom. The zero-order valence-electron chi connectivity index (χ0n) is 14.2. The lowest BCUT2D eigenvalue weighted by molar-refractivity contribution is -0.118. The topological polar surface area (TPSA) is 92.0 Å². The molecule has 126 valence electrons. The molecule has 3 N–H and O–H groups in total. The first-order valence-corrected chi connectivity index (χ1v) is 8.30. The molecule has 2 aromatic rings. The molecule has 0 spiro atoms. The summed E-state index contributed by atoms with van der Waals surface area (Å²) in [6.45, 7) is 4.14. The molecule has 4 rings (SSSR count). The van der Waals surface area contributed by atoms with Crippen molar-refractivity contribution >= 4 is 16.8 Å². The van der Waals surface area contributed by atoms with Crippen molar-refractivity contribution in [1.29, 1.82) is 5.26 Å². The summed E-state index contributed by atoms with van der Waals surface area (Å²) in [5.41, 5.74) is 9.41. The number of carbonyl (C=O) groups excluding carboxylic acids is 1. The van der Waals surface area contributed by atoms with Gasteiger partial charge in [-0.3, -0.25) is 4.79 Å². The predicted octanol–water partition coefficient (Wildman–Crippen LogP) is 3.46. The summed E-state index contributed by atoms with van der Waals surface area (Å²) in [6.07, 6.45) is 2.82. The van der Waals surface area contributed by atoms with Gasteiger partial charge in [0.1, 0.15) is 11.4 Å². The maximum absolute atomic E-state index is 13.0. The molecular weight excluding hydrogens is 314 g/mol. The number of nitrogens with one attached hydrogen (secondary N) is 1. The zero-order valence-corrected chi connectivity index (χ0v) is 14.2. The molecule has 0 amide bonds. The number of rotatable bonds is 1. The highest BCUT2D eigenvalue weighted by atomic mass is 16.3. The number of hydrogen-bond donors (Lipinski definition) is 2. The lowest BCUT2D eigenvalue weighted by Crippen LogP contribution is -2.39. The molecule has 5 nitrogen and oxygen atoms in total. The molecule has 0 radical (unpaired) electrons. The van der Waals surface area contributed by atoms with E-state index in [9.17, 15) is 10.1 Å². The van der Waals surface area contributed by atoms with Gasteiger partial charge in [0.05, 0.1) is 23.8 Å². The molecule has 0 fully saturated rings. The Kier molecular flexibility index (Phi) is 3.26. The van der Waals surface area contributed by atoms with Crippen LogP contribution in [0.25, 0.3) is 11.0 Å². The molecule has 25 heavy (non-hydrogen) atoms. The van der Waals surface area contributed by atoms with Crippen LogP contribution in [0.3, 0.4) is 0 Å². The summed E-state index contributed by atoms with van der Waals surface area (Å²) in [5.74, 6) is -0.0928. The summed E-state index contributed by atoms with van der Waals surface area (Å²) in [5, 5.41) is 13.7. The highest BCUT2D eigenvalue weighted by Crippen LogP contribution is 2.47. The molecule has 5 heteroatoms. The van der Waals surface area contributed by atoms with Crippen LogP contribution in [0.4, 0.5) is 0 Å². The molecule has 1 aromatic heterocycles. The van der Waals surface area contributed by atoms with E-state index in [1.165, 1.54) is 0 Å². The third-order valence-corrected chi connectivity index (χ3v) is 5.02. The van der Waals surface area contributed by atoms with Gasteiger partial charge in [0, 0.05) is 28.6 Å². The summed E-state index contributed by atoms with van der Waals surface area (Å²) < 4.78 is 5.66. The van der Waals surface area contributed by atoms with Crippen molar-refractivity contribution in [2.24, 2.45) is 11.1 Å². The average molecular weight is 333 g/mol. The molecule has 1 atom stereocenters. The number of para-hydroxylation sites is 1. The number of carbonyl (C=O) groups is 1. The van der Waals surface area contributed by atoms with E-state index in [1.807, 2.05) is 24.3 Å². The van der Waals surface area contributed by atoms with Crippen molar-refractivity contribution in [3.8, 4) is 6.07 Å². The van der Waals surface area contributed by atoms with E-state index in [1.54, 1.807) is 6.26 Å². The number of dihydropyridines is 1. The zero-order chi connectivity index (χ0) is 17.8. The first kappa shape index (κ1) is 15.5. The van der Waals surface area contributed by atoms with Gasteiger partial charge >= 0.3 is 0 Å². The van der Waals surface area contributed by atoms with Gasteiger partial charge in [-0.05, 0) is 17.9 Å². The minimum atomic E-state index is -0.478. The minimum absolute atomic E-state index is 0.0641. The number of hydrogen-bond acceptors (Lipinski definition) is 5. The van der Waals surface area contributed by atoms with E-state index in [-0.39, 0.29) is 11.2 Å². The number of allylic oxidation sites excluding steroid dienone is 3. The summed E-state index contributed by atoms with van der Waals surface area (Å²) in [7, 11) is 0. The van der Waals surface area contributed by atoms with E-state index in [4.69, 9.17) is 10.2 Å². The molecule has 0 saturated carbocycles. The van der Waals surface area contributed by atoms with Crippen molar-refractivity contribution in [3.05, 3.63) is 58.8 Å². The Bertz CT molecular complexity index is 1000. The maximum Gasteiger partial charge on any atom is 0.162 e. The van der Waals surface area contributed by atoms with Crippen molar-refractivity contribution in [2.45, 2.75) is 32.6 Å². The number of nitrogens with two attached hydrogens (primary N) is 1. The third-order valence-electron chi connectivity index (χ3n) is 5.02. The number of nitriles is 1. The summed E-state index contributed by atoms with van der Waals surface area (Å²) in [6, 6.07) is 9.83. The fourth-order valence-corrected chi connectivity index (χ4v) is 3.97. The van der Waals surface area contributed by atoms with Crippen LogP contribution in [-0.2, 0) is 4.79 Å². The second-order valence-electron chi connectivity index (χ2n) is 7.52. The molecule has 0 bridgehead atoms. The smallest absolute Gasteiger partial charge is 0.162 e. The van der Waals surface area contributed by atoms with Gasteiger partial charge in [0.15, 0.2) is 5.78 Å². The number of benzene rings is 1. The van der Waals surface area contributed by atoms with E-state index < -0.39 is 5.92 Å². The van der Waals surface area contributed by atoms with Crippen LogP contribution in [0.1, 0.15) is 38.2 Å².